The van der Waals surface area contributed by atoms with Gasteiger partial charge in [0.15, 0.2) is 0 Å². The Bertz CT molecular complexity index is 349. The molecule has 16 heavy (non-hydrogen) atoms. The van der Waals surface area contributed by atoms with E-state index < -0.39 is 0 Å². The fourth-order valence-electron chi connectivity index (χ4n) is 1.98. The van der Waals surface area contributed by atoms with Gasteiger partial charge in [-0.25, -0.2) is 8.78 Å². The number of rotatable bonds is 3. The Labute approximate surface area is 94.0 Å². The molecular weight excluding hydrogens is 210 g/mol. The van der Waals surface area contributed by atoms with Crippen LogP contribution in [0.2, 0.25) is 0 Å². The fourth-order valence-corrected chi connectivity index (χ4v) is 1.98. The highest BCUT2D eigenvalue weighted by molar-refractivity contribution is 5.19. The standard InChI is InChI=1S/C12H16F2N2/c13-10-2-4-12(14)9(7-10)1-3-11-8-15-5-6-16-11/h2,4,7,11,15-16H,1,3,5-6,8H2. The topological polar surface area (TPSA) is 24.1 Å². The molecule has 1 heterocycles. The summed E-state index contributed by atoms with van der Waals surface area (Å²) in [5, 5.41) is 6.61. The van der Waals surface area contributed by atoms with E-state index in [-0.39, 0.29) is 11.6 Å². The monoisotopic (exact) mass is 226 g/mol. The lowest BCUT2D eigenvalue weighted by molar-refractivity contribution is 0.397. The number of hydrogen-bond acceptors (Lipinski definition) is 2. The quantitative estimate of drug-likeness (QED) is 0.815. The van der Waals surface area contributed by atoms with Gasteiger partial charge in [0, 0.05) is 25.7 Å². The summed E-state index contributed by atoms with van der Waals surface area (Å²) < 4.78 is 26.2. The molecular formula is C12H16F2N2. The molecule has 1 saturated heterocycles. The van der Waals surface area contributed by atoms with Crippen molar-refractivity contribution in [1.82, 2.24) is 10.6 Å². The van der Waals surface area contributed by atoms with Crippen molar-refractivity contribution in [1.29, 1.82) is 0 Å². The maximum Gasteiger partial charge on any atom is 0.126 e. The van der Waals surface area contributed by atoms with Gasteiger partial charge in [0.2, 0.25) is 0 Å². The van der Waals surface area contributed by atoms with Crippen molar-refractivity contribution < 1.29 is 8.78 Å². The number of hydrogen-bond donors (Lipinski definition) is 2. The van der Waals surface area contributed by atoms with E-state index in [4.69, 9.17) is 0 Å². The summed E-state index contributed by atoms with van der Waals surface area (Å²) in [6.07, 6.45) is 1.40. The van der Waals surface area contributed by atoms with Gasteiger partial charge < -0.3 is 10.6 Å². The molecule has 0 saturated carbocycles. The lowest BCUT2D eigenvalue weighted by Gasteiger charge is -2.24. The third kappa shape index (κ3) is 3.00. The predicted molar refractivity (Wildman–Crippen MR) is 59.3 cm³/mol. The van der Waals surface area contributed by atoms with Crippen LogP contribution in [0.4, 0.5) is 8.78 Å². The van der Waals surface area contributed by atoms with Gasteiger partial charge in [0.1, 0.15) is 11.6 Å². The van der Waals surface area contributed by atoms with Crippen LogP contribution in [0, 0.1) is 11.6 Å². The SMILES string of the molecule is Fc1ccc(F)c(CCC2CNCCN2)c1. The molecule has 2 rings (SSSR count). The largest absolute Gasteiger partial charge is 0.314 e. The number of aryl methyl sites for hydroxylation is 1. The van der Waals surface area contributed by atoms with E-state index in [1.165, 1.54) is 12.1 Å². The van der Waals surface area contributed by atoms with Crippen molar-refractivity contribution >= 4 is 0 Å². The second kappa shape index (κ2) is 5.37. The van der Waals surface area contributed by atoms with Crippen LogP contribution >= 0.6 is 0 Å². The first-order chi connectivity index (χ1) is 7.75. The number of piperazine rings is 1. The van der Waals surface area contributed by atoms with Crippen LogP contribution in [0.5, 0.6) is 0 Å². The molecule has 1 fully saturated rings. The predicted octanol–water partition coefficient (Wildman–Crippen LogP) is 1.46. The summed E-state index contributed by atoms with van der Waals surface area (Å²) in [6.45, 7) is 2.82. The van der Waals surface area contributed by atoms with Crippen molar-refractivity contribution in [3.63, 3.8) is 0 Å². The van der Waals surface area contributed by atoms with E-state index in [2.05, 4.69) is 10.6 Å². The van der Waals surface area contributed by atoms with Crippen molar-refractivity contribution in [2.45, 2.75) is 18.9 Å². The minimum absolute atomic E-state index is 0.315. The number of benzene rings is 1. The zero-order valence-corrected chi connectivity index (χ0v) is 9.10. The first-order valence-corrected chi connectivity index (χ1v) is 5.64. The third-order valence-corrected chi connectivity index (χ3v) is 2.90. The van der Waals surface area contributed by atoms with Crippen LogP contribution in [0.15, 0.2) is 18.2 Å². The summed E-state index contributed by atoms with van der Waals surface area (Å²) >= 11 is 0. The Morgan fingerprint density at radius 1 is 1.25 bits per heavy atom. The van der Waals surface area contributed by atoms with Crippen molar-refractivity contribution in [2.24, 2.45) is 0 Å². The van der Waals surface area contributed by atoms with E-state index in [9.17, 15) is 8.78 Å². The van der Waals surface area contributed by atoms with E-state index in [0.29, 0.717) is 18.0 Å². The Balaban J connectivity index is 1.90. The molecule has 1 atom stereocenters. The normalized spacial score (nSPS) is 21.0. The highest BCUT2D eigenvalue weighted by Crippen LogP contribution is 2.13. The Morgan fingerprint density at radius 3 is 2.88 bits per heavy atom. The second-order valence-electron chi connectivity index (χ2n) is 4.13. The lowest BCUT2D eigenvalue weighted by atomic mass is 10.0. The van der Waals surface area contributed by atoms with Crippen molar-refractivity contribution in [3.05, 3.63) is 35.4 Å². The van der Waals surface area contributed by atoms with Gasteiger partial charge in [-0.05, 0) is 36.6 Å². The first-order valence-electron chi connectivity index (χ1n) is 5.64. The van der Waals surface area contributed by atoms with E-state index in [1.807, 2.05) is 0 Å². The molecule has 1 aliphatic rings. The summed E-state index contributed by atoms with van der Waals surface area (Å²) in [7, 11) is 0. The molecule has 0 bridgehead atoms. The summed E-state index contributed by atoms with van der Waals surface area (Å²) in [4.78, 5) is 0. The van der Waals surface area contributed by atoms with Gasteiger partial charge in [0.25, 0.3) is 0 Å². The van der Waals surface area contributed by atoms with Crippen LogP contribution < -0.4 is 10.6 Å². The summed E-state index contributed by atoms with van der Waals surface area (Å²) in [5.41, 5.74) is 0.465. The Hall–Kier alpha value is -1.00. The average molecular weight is 226 g/mol. The maximum atomic E-state index is 13.3. The molecule has 0 spiro atoms. The van der Waals surface area contributed by atoms with Gasteiger partial charge in [-0.1, -0.05) is 0 Å². The summed E-state index contributed by atoms with van der Waals surface area (Å²) in [5.74, 6) is -0.684. The summed E-state index contributed by atoms with van der Waals surface area (Å²) in [6, 6.07) is 3.98. The molecule has 2 N–H and O–H groups in total. The van der Waals surface area contributed by atoms with Gasteiger partial charge in [-0.15, -0.1) is 0 Å². The van der Waals surface area contributed by atoms with Crippen molar-refractivity contribution in [3.8, 4) is 0 Å². The van der Waals surface area contributed by atoms with Crippen LogP contribution in [0.1, 0.15) is 12.0 Å². The molecule has 0 aromatic heterocycles. The second-order valence-corrected chi connectivity index (χ2v) is 4.13. The molecule has 0 radical (unpaired) electrons. The fraction of sp³-hybridized carbons (Fsp3) is 0.500. The van der Waals surface area contributed by atoms with Crippen LogP contribution in [-0.4, -0.2) is 25.7 Å². The van der Waals surface area contributed by atoms with Gasteiger partial charge in [-0.3, -0.25) is 0 Å². The van der Waals surface area contributed by atoms with Crippen molar-refractivity contribution in [2.75, 3.05) is 19.6 Å². The molecule has 4 heteroatoms. The Kier molecular flexibility index (Phi) is 3.85. The minimum Gasteiger partial charge on any atom is -0.314 e. The molecule has 1 aromatic carbocycles. The lowest BCUT2D eigenvalue weighted by Crippen LogP contribution is -2.48. The first kappa shape index (κ1) is 11.5. The zero-order valence-electron chi connectivity index (χ0n) is 9.10. The molecule has 0 amide bonds. The molecule has 1 unspecified atom stereocenters. The molecule has 88 valence electrons. The van der Waals surface area contributed by atoms with Crippen LogP contribution in [0.3, 0.4) is 0 Å². The molecule has 1 aliphatic heterocycles. The van der Waals surface area contributed by atoms with E-state index >= 15 is 0 Å². The van der Waals surface area contributed by atoms with Crippen LogP contribution in [0.25, 0.3) is 0 Å². The highest BCUT2D eigenvalue weighted by Gasteiger charge is 2.13. The van der Waals surface area contributed by atoms with Crippen LogP contribution in [-0.2, 0) is 6.42 Å². The third-order valence-electron chi connectivity index (χ3n) is 2.90. The smallest absolute Gasteiger partial charge is 0.126 e. The minimum atomic E-state index is -0.369. The average Bonchev–Trinajstić information content (AvgIpc) is 2.32. The highest BCUT2D eigenvalue weighted by atomic mass is 19.1. The molecule has 1 aromatic rings. The van der Waals surface area contributed by atoms with Gasteiger partial charge in [0.05, 0.1) is 0 Å². The number of nitrogens with one attached hydrogen (secondary N) is 2. The van der Waals surface area contributed by atoms with Gasteiger partial charge in [-0.2, -0.15) is 0 Å². The number of halogens is 2. The zero-order chi connectivity index (χ0) is 11.4. The molecule has 0 aliphatic carbocycles. The molecule has 2 nitrogen and oxygen atoms in total. The Morgan fingerprint density at radius 2 is 2.12 bits per heavy atom. The van der Waals surface area contributed by atoms with Gasteiger partial charge >= 0.3 is 0 Å². The van der Waals surface area contributed by atoms with E-state index in [0.717, 1.165) is 32.1 Å². The maximum absolute atomic E-state index is 13.3. The van der Waals surface area contributed by atoms with E-state index in [1.54, 1.807) is 0 Å².